The fourth-order valence-electron chi connectivity index (χ4n) is 1.64. The molecule has 1 unspecified atom stereocenters. The lowest BCUT2D eigenvalue weighted by molar-refractivity contribution is 0.249. The monoisotopic (exact) mass is 257 g/mol. The Kier molecular flexibility index (Phi) is 4.96. The quantitative estimate of drug-likeness (QED) is 0.839. The molecule has 96 valence electrons. The smallest absolute Gasteiger partial charge is 0.235 e. The molecular formula is C12H19NO3S. The normalized spacial score (nSPS) is 13.4. The predicted molar refractivity (Wildman–Crippen MR) is 69.5 cm³/mol. The molecule has 0 radical (unpaired) electrons. The summed E-state index contributed by atoms with van der Waals surface area (Å²) in [6, 6.07) is 9.00. The van der Waals surface area contributed by atoms with Gasteiger partial charge in [0.15, 0.2) is 0 Å². The van der Waals surface area contributed by atoms with E-state index in [2.05, 4.69) is 0 Å². The summed E-state index contributed by atoms with van der Waals surface area (Å²) in [4.78, 5) is 0. The Hall–Kier alpha value is -1.07. The van der Waals surface area contributed by atoms with Crippen molar-refractivity contribution in [1.82, 2.24) is 0 Å². The van der Waals surface area contributed by atoms with Crippen LogP contribution in [0.4, 0.5) is 5.69 Å². The fraction of sp³-hybridized carbons (Fsp3) is 0.500. The van der Waals surface area contributed by atoms with Gasteiger partial charge in [0, 0.05) is 13.2 Å². The van der Waals surface area contributed by atoms with E-state index in [9.17, 15) is 8.42 Å². The maximum absolute atomic E-state index is 12.1. The molecule has 0 aliphatic heterocycles. The lowest BCUT2D eigenvalue weighted by Gasteiger charge is -2.24. The molecule has 0 spiro atoms. The molecule has 1 aromatic rings. The van der Waals surface area contributed by atoms with Crippen LogP contribution in [0.1, 0.15) is 13.8 Å². The van der Waals surface area contributed by atoms with Gasteiger partial charge >= 0.3 is 0 Å². The van der Waals surface area contributed by atoms with Crippen LogP contribution in [0.3, 0.4) is 0 Å². The van der Waals surface area contributed by atoms with Crippen LogP contribution < -0.4 is 4.31 Å². The maximum Gasteiger partial charge on any atom is 0.235 e. The average molecular weight is 257 g/mol. The number of aliphatic hydroxyl groups excluding tert-OH is 1. The van der Waals surface area contributed by atoms with E-state index in [1.165, 1.54) is 4.31 Å². The topological polar surface area (TPSA) is 57.6 Å². The van der Waals surface area contributed by atoms with E-state index >= 15 is 0 Å². The summed E-state index contributed by atoms with van der Waals surface area (Å²) in [5.74, 6) is -0.288. The summed E-state index contributed by atoms with van der Waals surface area (Å²) >= 11 is 0. The van der Waals surface area contributed by atoms with Gasteiger partial charge in [-0.25, -0.2) is 8.42 Å². The zero-order chi connectivity index (χ0) is 12.9. The molecule has 1 N–H and O–H groups in total. The first-order valence-electron chi connectivity index (χ1n) is 5.67. The first-order chi connectivity index (χ1) is 8.01. The van der Waals surface area contributed by atoms with Crippen molar-refractivity contribution in [1.29, 1.82) is 0 Å². The molecule has 0 amide bonds. The van der Waals surface area contributed by atoms with Crippen LogP contribution in [0.25, 0.3) is 0 Å². The molecule has 0 saturated heterocycles. The average Bonchev–Trinajstić information content (AvgIpc) is 2.30. The van der Waals surface area contributed by atoms with Gasteiger partial charge in [-0.2, -0.15) is 0 Å². The van der Waals surface area contributed by atoms with Crippen LogP contribution in [0.2, 0.25) is 0 Å². The van der Waals surface area contributed by atoms with E-state index in [0.717, 1.165) is 0 Å². The number of benzene rings is 1. The van der Waals surface area contributed by atoms with Crippen LogP contribution in [0.15, 0.2) is 30.3 Å². The van der Waals surface area contributed by atoms with Crippen LogP contribution in [-0.2, 0) is 10.0 Å². The molecule has 1 rings (SSSR count). The van der Waals surface area contributed by atoms with Crippen molar-refractivity contribution in [2.45, 2.75) is 13.8 Å². The van der Waals surface area contributed by atoms with Gasteiger partial charge in [0.1, 0.15) is 0 Å². The molecule has 0 aromatic heterocycles. The second kappa shape index (κ2) is 6.02. The molecule has 0 heterocycles. The zero-order valence-electron chi connectivity index (χ0n) is 10.2. The largest absolute Gasteiger partial charge is 0.396 e. The third-order valence-electron chi connectivity index (χ3n) is 2.47. The van der Waals surface area contributed by atoms with E-state index < -0.39 is 10.0 Å². The first kappa shape index (κ1) is 14.0. The Bertz CT molecular complexity index is 430. The van der Waals surface area contributed by atoms with Crippen molar-refractivity contribution in [3.8, 4) is 0 Å². The van der Waals surface area contributed by atoms with E-state index in [1.807, 2.05) is 18.2 Å². The molecule has 17 heavy (non-hydrogen) atoms. The molecule has 5 heteroatoms. The molecule has 4 nitrogen and oxygen atoms in total. The van der Waals surface area contributed by atoms with Gasteiger partial charge in [-0.1, -0.05) is 25.1 Å². The second-order valence-corrected chi connectivity index (χ2v) is 6.00. The van der Waals surface area contributed by atoms with Crippen molar-refractivity contribution in [3.05, 3.63) is 30.3 Å². The van der Waals surface area contributed by atoms with E-state index in [4.69, 9.17) is 5.11 Å². The minimum atomic E-state index is -3.36. The number of hydrogen-bond donors (Lipinski definition) is 1. The highest BCUT2D eigenvalue weighted by molar-refractivity contribution is 7.92. The summed E-state index contributed by atoms with van der Waals surface area (Å²) in [5.41, 5.74) is 0.667. The zero-order valence-corrected chi connectivity index (χ0v) is 11.0. The number of anilines is 1. The van der Waals surface area contributed by atoms with Crippen molar-refractivity contribution >= 4 is 15.7 Å². The summed E-state index contributed by atoms with van der Waals surface area (Å²) in [6.45, 7) is 3.79. The lowest BCUT2D eigenvalue weighted by atomic mass is 10.2. The van der Waals surface area contributed by atoms with Gasteiger partial charge in [-0.05, 0) is 25.0 Å². The molecule has 0 aliphatic rings. The summed E-state index contributed by atoms with van der Waals surface area (Å²) in [6.07, 6.45) is 0. The van der Waals surface area contributed by atoms with Gasteiger partial charge < -0.3 is 5.11 Å². The standard InChI is InChI=1S/C12H19NO3S/c1-3-13(12-7-5-4-6-8-12)17(15,16)10-11(2)9-14/h4-8,11,14H,3,9-10H2,1-2H3. The van der Waals surface area contributed by atoms with E-state index in [1.54, 1.807) is 26.0 Å². The number of nitrogens with zero attached hydrogens (tertiary/aromatic N) is 1. The predicted octanol–water partition coefficient (Wildman–Crippen LogP) is 1.47. The van der Waals surface area contributed by atoms with Crippen LogP contribution in [-0.4, -0.2) is 32.4 Å². The molecular weight excluding hydrogens is 238 g/mol. The molecule has 1 aromatic carbocycles. The minimum absolute atomic E-state index is 0.0355. The third kappa shape index (κ3) is 3.71. The third-order valence-corrected chi connectivity index (χ3v) is 4.60. The highest BCUT2D eigenvalue weighted by atomic mass is 32.2. The number of rotatable bonds is 6. The maximum atomic E-state index is 12.1. The highest BCUT2D eigenvalue weighted by Gasteiger charge is 2.23. The van der Waals surface area contributed by atoms with Gasteiger partial charge in [-0.3, -0.25) is 4.31 Å². The van der Waals surface area contributed by atoms with Crippen LogP contribution in [0.5, 0.6) is 0 Å². The first-order valence-corrected chi connectivity index (χ1v) is 7.28. The molecule has 0 bridgehead atoms. The Morgan fingerprint density at radius 2 is 1.88 bits per heavy atom. The molecule has 1 atom stereocenters. The number of hydrogen-bond acceptors (Lipinski definition) is 3. The molecule has 0 fully saturated rings. The van der Waals surface area contributed by atoms with Crippen LogP contribution >= 0.6 is 0 Å². The molecule has 0 saturated carbocycles. The lowest BCUT2D eigenvalue weighted by Crippen LogP contribution is -2.35. The van der Waals surface area contributed by atoms with Crippen molar-refractivity contribution < 1.29 is 13.5 Å². The van der Waals surface area contributed by atoms with Crippen molar-refractivity contribution in [2.75, 3.05) is 23.2 Å². The Labute approximate surface area is 103 Å². The summed E-state index contributed by atoms with van der Waals surface area (Å²) in [5, 5.41) is 8.94. The minimum Gasteiger partial charge on any atom is -0.396 e. The van der Waals surface area contributed by atoms with Gasteiger partial charge in [0.05, 0.1) is 11.4 Å². The van der Waals surface area contributed by atoms with E-state index in [-0.39, 0.29) is 18.3 Å². The van der Waals surface area contributed by atoms with Crippen LogP contribution in [0, 0.1) is 5.92 Å². The van der Waals surface area contributed by atoms with Crippen molar-refractivity contribution in [2.24, 2.45) is 5.92 Å². The number of sulfonamides is 1. The SMILES string of the molecule is CCN(c1ccccc1)S(=O)(=O)CC(C)CO. The second-order valence-electron chi connectivity index (χ2n) is 4.07. The van der Waals surface area contributed by atoms with Crippen molar-refractivity contribution in [3.63, 3.8) is 0 Å². The number of para-hydroxylation sites is 1. The summed E-state index contributed by atoms with van der Waals surface area (Å²) < 4.78 is 25.7. The Morgan fingerprint density at radius 3 is 2.35 bits per heavy atom. The number of aliphatic hydroxyl groups is 1. The summed E-state index contributed by atoms with van der Waals surface area (Å²) in [7, 11) is -3.36. The Balaban J connectivity index is 2.95. The highest BCUT2D eigenvalue weighted by Crippen LogP contribution is 2.18. The Morgan fingerprint density at radius 1 is 1.29 bits per heavy atom. The fourth-order valence-corrected chi connectivity index (χ4v) is 3.48. The van der Waals surface area contributed by atoms with Gasteiger partial charge in [0.2, 0.25) is 10.0 Å². The van der Waals surface area contributed by atoms with Gasteiger partial charge in [-0.15, -0.1) is 0 Å². The van der Waals surface area contributed by atoms with E-state index in [0.29, 0.717) is 12.2 Å². The molecule has 0 aliphatic carbocycles. The van der Waals surface area contributed by atoms with Gasteiger partial charge in [0.25, 0.3) is 0 Å².